The van der Waals surface area contributed by atoms with Gasteiger partial charge in [0.1, 0.15) is 0 Å². The molecule has 0 radical (unpaired) electrons. The molecule has 0 spiro atoms. The van der Waals surface area contributed by atoms with Crippen LogP contribution < -0.4 is 5.73 Å². The number of benzene rings is 1. The lowest BCUT2D eigenvalue weighted by molar-refractivity contribution is 0.620. The monoisotopic (exact) mass is 164 g/mol. The predicted molar refractivity (Wildman–Crippen MR) is 46.1 cm³/mol. The number of hydrogen-bond acceptors (Lipinski definition) is 1. The van der Waals surface area contributed by atoms with Gasteiger partial charge < -0.3 is 10.7 Å². The summed E-state index contributed by atoms with van der Waals surface area (Å²) >= 11 is 0. The molecule has 2 rings (SSSR count). The van der Waals surface area contributed by atoms with Crippen LogP contribution >= 0.6 is 0 Å². The molecule has 3 N–H and O–H groups in total. The number of aromatic amines is 1. The van der Waals surface area contributed by atoms with Crippen LogP contribution in [-0.4, -0.2) is 4.98 Å². The van der Waals surface area contributed by atoms with E-state index in [1.54, 1.807) is 12.3 Å². The van der Waals surface area contributed by atoms with Crippen molar-refractivity contribution < 1.29 is 4.39 Å². The van der Waals surface area contributed by atoms with Gasteiger partial charge in [-0.05, 0) is 6.07 Å². The van der Waals surface area contributed by atoms with Crippen molar-refractivity contribution in [2.45, 2.75) is 6.54 Å². The van der Waals surface area contributed by atoms with Gasteiger partial charge in [-0.25, -0.2) is 4.39 Å². The number of nitrogens with one attached hydrogen (secondary N) is 1. The maximum absolute atomic E-state index is 13.4. The third-order valence-electron chi connectivity index (χ3n) is 1.96. The van der Waals surface area contributed by atoms with E-state index in [-0.39, 0.29) is 12.4 Å². The molecule has 2 aromatic rings. The minimum atomic E-state index is -0.236. The highest BCUT2D eigenvalue weighted by molar-refractivity contribution is 5.80. The Hall–Kier alpha value is -1.35. The van der Waals surface area contributed by atoms with Gasteiger partial charge in [0.15, 0.2) is 5.82 Å². The standard InChI is InChI=1S/C9H9FN2/c10-8-7(5-11)2-1-6-3-4-12-9(6)8/h1-4,12H,5,11H2. The van der Waals surface area contributed by atoms with Crippen molar-refractivity contribution in [3.63, 3.8) is 0 Å². The molecule has 3 heteroatoms. The summed E-state index contributed by atoms with van der Waals surface area (Å²) in [7, 11) is 0. The molecule has 0 aliphatic heterocycles. The number of hydrogen-bond donors (Lipinski definition) is 2. The molecule has 62 valence electrons. The Balaban J connectivity index is 2.78. The van der Waals surface area contributed by atoms with Crippen LogP contribution in [0.25, 0.3) is 10.9 Å². The van der Waals surface area contributed by atoms with E-state index in [0.717, 1.165) is 5.39 Å². The Morgan fingerprint density at radius 2 is 2.17 bits per heavy atom. The lowest BCUT2D eigenvalue weighted by Gasteiger charge is -1.99. The van der Waals surface area contributed by atoms with E-state index < -0.39 is 0 Å². The average molecular weight is 164 g/mol. The summed E-state index contributed by atoms with van der Waals surface area (Å²) in [6.07, 6.45) is 1.72. The molecule has 0 unspecified atom stereocenters. The molecule has 1 heterocycles. The summed E-state index contributed by atoms with van der Waals surface area (Å²) < 4.78 is 13.4. The second kappa shape index (κ2) is 2.60. The van der Waals surface area contributed by atoms with Crippen molar-refractivity contribution in [3.8, 4) is 0 Å². The topological polar surface area (TPSA) is 41.8 Å². The number of fused-ring (bicyclic) bond motifs is 1. The van der Waals surface area contributed by atoms with Gasteiger partial charge in [0, 0.05) is 23.7 Å². The molecule has 12 heavy (non-hydrogen) atoms. The lowest BCUT2D eigenvalue weighted by atomic mass is 10.1. The minimum Gasteiger partial charge on any atom is -0.359 e. The zero-order chi connectivity index (χ0) is 8.55. The van der Waals surface area contributed by atoms with Gasteiger partial charge in [0.25, 0.3) is 0 Å². The summed E-state index contributed by atoms with van der Waals surface area (Å²) in [6, 6.07) is 5.40. The van der Waals surface area contributed by atoms with Crippen LogP contribution in [-0.2, 0) is 6.54 Å². The minimum absolute atomic E-state index is 0.236. The van der Waals surface area contributed by atoms with Crippen LogP contribution in [0.3, 0.4) is 0 Å². The van der Waals surface area contributed by atoms with Gasteiger partial charge in [-0.3, -0.25) is 0 Å². The van der Waals surface area contributed by atoms with Gasteiger partial charge in [-0.15, -0.1) is 0 Å². The molecule has 0 amide bonds. The van der Waals surface area contributed by atoms with Gasteiger partial charge >= 0.3 is 0 Å². The predicted octanol–water partition coefficient (Wildman–Crippen LogP) is 1.77. The largest absolute Gasteiger partial charge is 0.359 e. The van der Waals surface area contributed by atoms with E-state index in [2.05, 4.69) is 4.98 Å². The molecule has 0 bridgehead atoms. The van der Waals surface area contributed by atoms with Crippen molar-refractivity contribution >= 4 is 10.9 Å². The Kier molecular flexibility index (Phi) is 1.59. The number of nitrogens with two attached hydrogens (primary N) is 1. The van der Waals surface area contributed by atoms with Crippen LogP contribution in [0.1, 0.15) is 5.56 Å². The van der Waals surface area contributed by atoms with Crippen LogP contribution in [0, 0.1) is 5.82 Å². The summed E-state index contributed by atoms with van der Waals surface area (Å²) in [5, 5.41) is 0.879. The third-order valence-corrected chi connectivity index (χ3v) is 1.96. The van der Waals surface area contributed by atoms with E-state index in [9.17, 15) is 4.39 Å². The summed E-state index contributed by atoms with van der Waals surface area (Å²) in [5.74, 6) is -0.236. The Bertz CT molecular complexity index is 406. The Morgan fingerprint density at radius 1 is 1.33 bits per heavy atom. The fourth-order valence-electron chi connectivity index (χ4n) is 1.29. The first-order valence-electron chi connectivity index (χ1n) is 3.77. The molecule has 1 aromatic carbocycles. The molecule has 0 saturated heterocycles. The Labute approximate surface area is 69.2 Å². The van der Waals surface area contributed by atoms with E-state index in [1.165, 1.54) is 0 Å². The summed E-state index contributed by atoms with van der Waals surface area (Å²) in [5.41, 5.74) is 6.44. The molecular formula is C9H9FN2. The highest BCUT2D eigenvalue weighted by atomic mass is 19.1. The lowest BCUT2D eigenvalue weighted by Crippen LogP contribution is -1.99. The highest BCUT2D eigenvalue weighted by Gasteiger charge is 2.05. The second-order valence-corrected chi connectivity index (χ2v) is 2.68. The first-order valence-corrected chi connectivity index (χ1v) is 3.77. The average Bonchev–Trinajstić information content (AvgIpc) is 2.53. The van der Waals surface area contributed by atoms with Gasteiger partial charge in [-0.1, -0.05) is 12.1 Å². The number of rotatable bonds is 1. The summed E-state index contributed by atoms with van der Waals surface area (Å²) in [6.45, 7) is 0.237. The molecular weight excluding hydrogens is 155 g/mol. The quantitative estimate of drug-likeness (QED) is 0.662. The van der Waals surface area contributed by atoms with Crippen LogP contribution in [0.15, 0.2) is 24.4 Å². The molecule has 0 aliphatic rings. The van der Waals surface area contributed by atoms with E-state index >= 15 is 0 Å². The number of H-pyrrole nitrogens is 1. The molecule has 2 nitrogen and oxygen atoms in total. The first kappa shape index (κ1) is 7.31. The third kappa shape index (κ3) is 0.905. The van der Waals surface area contributed by atoms with Crippen LogP contribution in [0.2, 0.25) is 0 Å². The second-order valence-electron chi connectivity index (χ2n) is 2.68. The highest BCUT2D eigenvalue weighted by Crippen LogP contribution is 2.18. The smallest absolute Gasteiger partial charge is 0.151 e. The fourth-order valence-corrected chi connectivity index (χ4v) is 1.29. The molecule has 0 saturated carbocycles. The maximum atomic E-state index is 13.4. The molecule has 0 atom stereocenters. The van der Waals surface area contributed by atoms with Crippen molar-refractivity contribution in [1.29, 1.82) is 0 Å². The number of aromatic nitrogens is 1. The zero-order valence-electron chi connectivity index (χ0n) is 6.47. The number of halogens is 1. The van der Waals surface area contributed by atoms with E-state index in [0.29, 0.717) is 11.1 Å². The van der Waals surface area contributed by atoms with Crippen molar-refractivity contribution in [3.05, 3.63) is 35.8 Å². The van der Waals surface area contributed by atoms with Gasteiger partial charge in [0.2, 0.25) is 0 Å². The molecule has 1 aromatic heterocycles. The van der Waals surface area contributed by atoms with Crippen LogP contribution in [0.4, 0.5) is 4.39 Å². The van der Waals surface area contributed by atoms with Crippen molar-refractivity contribution in [2.75, 3.05) is 0 Å². The molecule has 0 fully saturated rings. The van der Waals surface area contributed by atoms with E-state index in [4.69, 9.17) is 5.73 Å². The summed E-state index contributed by atoms with van der Waals surface area (Å²) in [4.78, 5) is 2.83. The maximum Gasteiger partial charge on any atom is 0.151 e. The SMILES string of the molecule is NCc1ccc2cc[nH]c2c1F. The normalized spacial score (nSPS) is 10.8. The van der Waals surface area contributed by atoms with Gasteiger partial charge in [0.05, 0.1) is 5.52 Å². The van der Waals surface area contributed by atoms with Crippen LogP contribution in [0.5, 0.6) is 0 Å². The van der Waals surface area contributed by atoms with Gasteiger partial charge in [-0.2, -0.15) is 0 Å². The first-order chi connectivity index (χ1) is 5.83. The van der Waals surface area contributed by atoms with Crippen molar-refractivity contribution in [2.24, 2.45) is 5.73 Å². The van der Waals surface area contributed by atoms with Crippen molar-refractivity contribution in [1.82, 2.24) is 4.98 Å². The van der Waals surface area contributed by atoms with E-state index in [1.807, 2.05) is 12.1 Å². The zero-order valence-corrected chi connectivity index (χ0v) is 6.47. The Morgan fingerprint density at radius 3 is 2.92 bits per heavy atom. The fraction of sp³-hybridized carbons (Fsp3) is 0.111. The molecule has 0 aliphatic carbocycles.